The molecule has 0 saturated heterocycles. The van der Waals surface area contributed by atoms with E-state index in [1.165, 1.54) is 5.56 Å². The van der Waals surface area contributed by atoms with Gasteiger partial charge in [0, 0.05) is 18.4 Å². The Kier molecular flexibility index (Phi) is 4.76. The van der Waals surface area contributed by atoms with E-state index in [9.17, 15) is 0 Å². The Balaban J connectivity index is 3.14. The van der Waals surface area contributed by atoms with Gasteiger partial charge >= 0.3 is 0 Å². The highest BCUT2D eigenvalue weighted by atomic mass is 79.9. The second-order valence-electron chi connectivity index (χ2n) is 3.05. The molecule has 0 spiro atoms. The Morgan fingerprint density at radius 1 is 1.29 bits per heavy atom. The Bertz CT molecular complexity index is 297. The minimum atomic E-state index is 0.839. The molecule has 1 aromatic carbocycles. The molecule has 0 aliphatic heterocycles. The average molecular weight is 277 g/mol. The number of rotatable bonds is 4. The molecule has 0 aliphatic rings. The fourth-order valence-corrected chi connectivity index (χ4v) is 2.33. The summed E-state index contributed by atoms with van der Waals surface area (Å²) >= 11 is 9.68. The summed E-state index contributed by atoms with van der Waals surface area (Å²) in [5.41, 5.74) is 2.41. The molecular formula is C11H15BrClN. The van der Waals surface area contributed by atoms with Crippen LogP contribution in [0.25, 0.3) is 0 Å². The molecule has 0 aromatic heterocycles. The van der Waals surface area contributed by atoms with Crippen LogP contribution in [0.3, 0.4) is 0 Å². The highest BCUT2D eigenvalue weighted by Gasteiger charge is 2.10. The Morgan fingerprint density at radius 3 is 2.43 bits per heavy atom. The first-order valence-electron chi connectivity index (χ1n) is 4.82. The van der Waals surface area contributed by atoms with Gasteiger partial charge in [0.05, 0.1) is 10.7 Å². The fraction of sp³-hybridized carbons (Fsp3) is 0.455. The molecule has 0 fully saturated rings. The number of hydrogen-bond acceptors (Lipinski definition) is 1. The number of benzene rings is 1. The van der Waals surface area contributed by atoms with E-state index >= 15 is 0 Å². The summed E-state index contributed by atoms with van der Waals surface area (Å²) in [6.45, 7) is 6.26. The number of anilines is 1. The van der Waals surface area contributed by atoms with Gasteiger partial charge in [0.15, 0.2) is 0 Å². The van der Waals surface area contributed by atoms with Crippen molar-refractivity contribution in [2.75, 3.05) is 18.0 Å². The summed E-state index contributed by atoms with van der Waals surface area (Å²) in [5.74, 6) is 0. The van der Waals surface area contributed by atoms with Crippen molar-refractivity contribution in [3.63, 3.8) is 0 Å². The standard InChI is InChI=1S/C11H15BrClN/c1-3-14(4-2)11-9(8-12)6-5-7-10(11)13/h5-7H,3-4,8H2,1-2H3. The minimum absolute atomic E-state index is 0.839. The van der Waals surface area contributed by atoms with E-state index in [-0.39, 0.29) is 0 Å². The van der Waals surface area contributed by atoms with Crippen molar-refractivity contribution < 1.29 is 0 Å². The van der Waals surface area contributed by atoms with E-state index in [1.807, 2.05) is 12.1 Å². The van der Waals surface area contributed by atoms with Crippen LogP contribution in [-0.4, -0.2) is 13.1 Å². The lowest BCUT2D eigenvalue weighted by atomic mass is 10.2. The molecule has 0 amide bonds. The van der Waals surface area contributed by atoms with Gasteiger partial charge in [-0.25, -0.2) is 0 Å². The van der Waals surface area contributed by atoms with Crippen molar-refractivity contribution in [3.05, 3.63) is 28.8 Å². The smallest absolute Gasteiger partial charge is 0.0642 e. The molecule has 0 heterocycles. The zero-order valence-corrected chi connectivity index (χ0v) is 10.9. The van der Waals surface area contributed by atoms with Crippen LogP contribution < -0.4 is 4.90 Å². The lowest BCUT2D eigenvalue weighted by Gasteiger charge is -2.24. The van der Waals surface area contributed by atoms with E-state index in [4.69, 9.17) is 11.6 Å². The second-order valence-corrected chi connectivity index (χ2v) is 4.02. The second kappa shape index (κ2) is 5.62. The maximum Gasteiger partial charge on any atom is 0.0642 e. The van der Waals surface area contributed by atoms with E-state index < -0.39 is 0 Å². The van der Waals surface area contributed by atoms with Crippen LogP contribution in [0, 0.1) is 0 Å². The first kappa shape index (κ1) is 11.9. The minimum Gasteiger partial charge on any atom is -0.371 e. The van der Waals surface area contributed by atoms with Crippen molar-refractivity contribution in [1.82, 2.24) is 0 Å². The summed E-state index contributed by atoms with van der Waals surface area (Å²) in [6, 6.07) is 6.04. The number of alkyl halides is 1. The van der Waals surface area contributed by atoms with E-state index in [1.54, 1.807) is 0 Å². The quantitative estimate of drug-likeness (QED) is 0.749. The summed E-state index contributed by atoms with van der Waals surface area (Å²) in [6.07, 6.45) is 0. The molecule has 0 unspecified atom stereocenters. The molecule has 0 radical (unpaired) electrons. The molecule has 0 saturated carbocycles. The van der Waals surface area contributed by atoms with Gasteiger partial charge in [-0.15, -0.1) is 0 Å². The molecule has 1 rings (SSSR count). The van der Waals surface area contributed by atoms with Gasteiger partial charge in [-0.3, -0.25) is 0 Å². The molecule has 1 aromatic rings. The monoisotopic (exact) mass is 275 g/mol. The van der Waals surface area contributed by atoms with Crippen LogP contribution in [0.15, 0.2) is 18.2 Å². The molecule has 0 N–H and O–H groups in total. The van der Waals surface area contributed by atoms with Crippen molar-refractivity contribution in [3.8, 4) is 0 Å². The Hall–Kier alpha value is -0.210. The van der Waals surface area contributed by atoms with Crippen LogP contribution in [0.2, 0.25) is 5.02 Å². The zero-order chi connectivity index (χ0) is 10.6. The molecule has 0 bridgehead atoms. The summed E-state index contributed by atoms with van der Waals surface area (Å²) in [7, 11) is 0. The van der Waals surface area contributed by atoms with Gasteiger partial charge in [0.2, 0.25) is 0 Å². The largest absolute Gasteiger partial charge is 0.371 e. The van der Waals surface area contributed by atoms with Crippen LogP contribution in [0.5, 0.6) is 0 Å². The SMILES string of the molecule is CCN(CC)c1c(Cl)cccc1CBr. The van der Waals surface area contributed by atoms with Gasteiger partial charge in [-0.05, 0) is 25.5 Å². The van der Waals surface area contributed by atoms with Crippen molar-refractivity contribution in [2.24, 2.45) is 0 Å². The van der Waals surface area contributed by atoms with E-state index in [2.05, 4.69) is 40.7 Å². The summed E-state index contributed by atoms with van der Waals surface area (Å²) < 4.78 is 0. The molecular weight excluding hydrogens is 261 g/mol. The van der Waals surface area contributed by atoms with Gasteiger partial charge in [-0.1, -0.05) is 39.7 Å². The number of halogens is 2. The van der Waals surface area contributed by atoms with Crippen LogP contribution in [0.4, 0.5) is 5.69 Å². The number of para-hydroxylation sites is 1. The highest BCUT2D eigenvalue weighted by Crippen LogP contribution is 2.31. The topological polar surface area (TPSA) is 3.24 Å². The summed E-state index contributed by atoms with van der Waals surface area (Å²) in [4.78, 5) is 2.28. The Labute approximate surface area is 99.2 Å². The van der Waals surface area contributed by atoms with Crippen molar-refractivity contribution in [2.45, 2.75) is 19.2 Å². The normalized spacial score (nSPS) is 10.3. The Morgan fingerprint density at radius 2 is 1.93 bits per heavy atom. The van der Waals surface area contributed by atoms with Gasteiger partial charge in [0.25, 0.3) is 0 Å². The first-order valence-corrected chi connectivity index (χ1v) is 6.32. The third-order valence-corrected chi connectivity index (χ3v) is 3.20. The lowest BCUT2D eigenvalue weighted by molar-refractivity contribution is 0.861. The van der Waals surface area contributed by atoms with Crippen LogP contribution in [0.1, 0.15) is 19.4 Å². The molecule has 14 heavy (non-hydrogen) atoms. The van der Waals surface area contributed by atoms with Crippen molar-refractivity contribution in [1.29, 1.82) is 0 Å². The maximum atomic E-state index is 6.20. The summed E-state index contributed by atoms with van der Waals surface area (Å²) in [5, 5.41) is 1.69. The molecule has 1 nitrogen and oxygen atoms in total. The van der Waals surface area contributed by atoms with Gasteiger partial charge < -0.3 is 4.90 Å². The van der Waals surface area contributed by atoms with Gasteiger partial charge in [0.1, 0.15) is 0 Å². The molecule has 78 valence electrons. The predicted octanol–water partition coefficient (Wildman–Crippen LogP) is 4.08. The predicted molar refractivity (Wildman–Crippen MR) is 67.6 cm³/mol. The van der Waals surface area contributed by atoms with Crippen LogP contribution >= 0.6 is 27.5 Å². The fourth-order valence-electron chi connectivity index (χ4n) is 1.56. The third kappa shape index (κ3) is 2.43. The number of hydrogen-bond donors (Lipinski definition) is 0. The first-order chi connectivity index (χ1) is 6.74. The molecule has 0 aliphatic carbocycles. The molecule has 3 heteroatoms. The number of nitrogens with zero attached hydrogens (tertiary/aromatic N) is 1. The lowest BCUT2D eigenvalue weighted by Crippen LogP contribution is -2.23. The maximum absolute atomic E-state index is 6.20. The van der Waals surface area contributed by atoms with Crippen LogP contribution in [-0.2, 0) is 5.33 Å². The zero-order valence-electron chi connectivity index (χ0n) is 8.56. The average Bonchev–Trinajstić information content (AvgIpc) is 2.22. The van der Waals surface area contributed by atoms with Gasteiger partial charge in [-0.2, -0.15) is 0 Å². The molecule has 0 atom stereocenters. The highest BCUT2D eigenvalue weighted by molar-refractivity contribution is 9.08. The van der Waals surface area contributed by atoms with Crippen molar-refractivity contribution >= 4 is 33.2 Å². The van der Waals surface area contributed by atoms with E-state index in [0.717, 1.165) is 29.1 Å². The third-order valence-electron chi connectivity index (χ3n) is 2.29. The van der Waals surface area contributed by atoms with E-state index in [0.29, 0.717) is 0 Å².